The summed E-state index contributed by atoms with van der Waals surface area (Å²) < 4.78 is 196. The molecule has 4 atom stereocenters. The van der Waals surface area contributed by atoms with E-state index in [2.05, 4.69) is 79.6 Å². The molecule has 3 aromatic rings. The second-order valence-corrected chi connectivity index (χ2v) is 35.1. The van der Waals surface area contributed by atoms with E-state index in [1.54, 1.807) is 10.8 Å². The van der Waals surface area contributed by atoms with Crippen molar-refractivity contribution in [3.8, 4) is 11.8 Å². The molecule has 2 aliphatic rings. The Hall–Kier alpha value is -3.10. The molecule has 5 rings (SSSR count). The van der Waals surface area contributed by atoms with Crippen LogP contribution in [-0.2, 0) is 46.5 Å². The molecule has 0 saturated carbocycles. The van der Waals surface area contributed by atoms with Gasteiger partial charge in [-0.25, -0.2) is 0 Å². The lowest BCUT2D eigenvalue weighted by Gasteiger charge is -2.46. The SMILES string of the molecule is CC(C)(C)[Si](C)(C)OCC#CC(CCc1c[n+]2c(o1)[C@@H]1[C@H](C2)N1[Si](c1cc(C(F)(F)F)cc(C(F)(F)F)c1)(c1cc(C(F)(F)F)cc(C(F)(F)F)c1)C(C)(C)C)O[Si](C)(C)C(C)(C)C. The fraction of sp³-hybridized carbons (Fsp3) is 0.614. The van der Waals surface area contributed by atoms with Crippen molar-refractivity contribution in [2.75, 3.05) is 6.61 Å². The van der Waals surface area contributed by atoms with E-state index in [1.807, 2.05) is 0 Å². The summed E-state index contributed by atoms with van der Waals surface area (Å²) in [5.41, 5.74) is -6.97. The van der Waals surface area contributed by atoms with Gasteiger partial charge >= 0.3 is 30.6 Å². The Bertz CT molecular complexity index is 2130. The van der Waals surface area contributed by atoms with Crippen molar-refractivity contribution >= 4 is 35.2 Å². The van der Waals surface area contributed by atoms with Crippen LogP contribution in [0.4, 0.5) is 52.7 Å². The van der Waals surface area contributed by atoms with Gasteiger partial charge in [0.05, 0.1) is 34.9 Å². The maximum Gasteiger partial charge on any atom is 0.416 e. The van der Waals surface area contributed by atoms with Crippen LogP contribution >= 0.6 is 0 Å². The molecule has 0 radical (unpaired) electrons. The average molecular weight is 974 g/mol. The molecule has 356 valence electrons. The predicted octanol–water partition coefficient (Wildman–Crippen LogP) is 12.3. The van der Waals surface area contributed by atoms with Crippen molar-refractivity contribution in [3.63, 3.8) is 0 Å². The number of alkyl halides is 12. The number of benzene rings is 2. The molecule has 64 heavy (non-hydrogen) atoms. The molecule has 0 amide bonds. The third kappa shape index (κ3) is 10.4. The third-order valence-corrected chi connectivity index (χ3v) is 28.1. The van der Waals surface area contributed by atoms with E-state index in [4.69, 9.17) is 13.3 Å². The summed E-state index contributed by atoms with van der Waals surface area (Å²) in [6, 6.07) is -0.0990. The zero-order chi connectivity index (χ0) is 48.8. The quantitative estimate of drug-likeness (QED) is 0.0667. The normalized spacial score (nSPS) is 19.5. The summed E-state index contributed by atoms with van der Waals surface area (Å²) in [5.74, 6) is 7.03. The highest BCUT2D eigenvalue weighted by molar-refractivity contribution is 7.02. The number of fused-ring (bicyclic) bond motifs is 3. The highest BCUT2D eigenvalue weighted by Crippen LogP contribution is 2.56. The van der Waals surface area contributed by atoms with Crippen LogP contribution in [0.1, 0.15) is 109 Å². The molecular formula is C44H57F12N2O3Si3+. The van der Waals surface area contributed by atoms with Crippen LogP contribution in [0.3, 0.4) is 0 Å². The van der Waals surface area contributed by atoms with Crippen molar-refractivity contribution in [3.05, 3.63) is 76.5 Å². The second-order valence-electron chi connectivity index (χ2n) is 20.9. The summed E-state index contributed by atoms with van der Waals surface area (Å²) in [6.45, 7) is 25.5. The number of aromatic nitrogens is 1. The molecular weight excluding hydrogens is 917 g/mol. The van der Waals surface area contributed by atoms with Gasteiger partial charge in [0.25, 0.3) is 0 Å². The predicted molar refractivity (Wildman–Crippen MR) is 226 cm³/mol. The Kier molecular flexibility index (Phi) is 13.5. The van der Waals surface area contributed by atoms with Crippen LogP contribution in [-0.4, -0.2) is 48.2 Å². The molecule has 1 aromatic heterocycles. The monoisotopic (exact) mass is 973 g/mol. The summed E-state index contributed by atoms with van der Waals surface area (Å²) in [7, 11) is -9.29. The first kappa shape index (κ1) is 51.9. The number of halogens is 12. The van der Waals surface area contributed by atoms with Crippen molar-refractivity contribution in [2.45, 2.75) is 166 Å². The molecule has 0 bridgehead atoms. The van der Waals surface area contributed by atoms with E-state index in [9.17, 15) is 52.7 Å². The number of nitrogens with zero attached hydrogens (tertiary/aromatic N) is 2. The van der Waals surface area contributed by atoms with Crippen molar-refractivity contribution in [1.29, 1.82) is 0 Å². The maximum absolute atomic E-state index is 14.5. The number of oxazole rings is 1. The van der Waals surface area contributed by atoms with Gasteiger partial charge in [0, 0.05) is 6.42 Å². The zero-order valence-electron chi connectivity index (χ0n) is 38.3. The van der Waals surface area contributed by atoms with E-state index in [0.29, 0.717) is 36.4 Å². The Balaban J connectivity index is 1.63. The Morgan fingerprint density at radius 1 is 0.656 bits per heavy atom. The highest BCUT2D eigenvalue weighted by Gasteiger charge is 2.74. The highest BCUT2D eigenvalue weighted by atomic mass is 28.4. The Labute approximate surface area is 370 Å². The average Bonchev–Trinajstić information content (AvgIpc) is 3.44. The lowest BCUT2D eigenvalue weighted by atomic mass is 10.1. The van der Waals surface area contributed by atoms with Gasteiger partial charge in [-0.2, -0.15) is 57.3 Å². The third-order valence-electron chi connectivity index (χ3n) is 13.3. The number of rotatable bonds is 10. The van der Waals surface area contributed by atoms with Gasteiger partial charge in [0.15, 0.2) is 43.2 Å². The van der Waals surface area contributed by atoms with Crippen LogP contribution in [0.5, 0.6) is 0 Å². The van der Waals surface area contributed by atoms with Crippen molar-refractivity contribution in [2.24, 2.45) is 0 Å². The maximum atomic E-state index is 14.5. The van der Waals surface area contributed by atoms with E-state index < -0.39 is 105 Å². The molecule has 2 aromatic carbocycles. The number of hydrogen-bond acceptors (Lipinski definition) is 4. The van der Waals surface area contributed by atoms with Gasteiger partial charge in [-0.05, 0) is 94.5 Å². The van der Waals surface area contributed by atoms with Gasteiger partial charge in [0.1, 0.15) is 6.10 Å². The standard InChI is InChI=1S/C44H57F12N2O3Si3/c1-38(2,3)62(10,11)59-18-14-15-31(61-63(12,13)39(4,5)6)16-17-32-25-57-26-35-36(37(57)60-32)58(35)64(40(7,8)9,33-21-27(41(45,46)47)19-28(22-33)42(48,49)50)34-23-29(43(51,52)53)20-30(24-34)44(54,55)56/h19-25,31,35-36H,16-18,26H2,1-13H3/q+1/t31?,35-,36-,58?/m0/s1. The summed E-state index contributed by atoms with van der Waals surface area (Å²) >= 11 is 0. The van der Waals surface area contributed by atoms with Gasteiger partial charge in [0.2, 0.25) is 6.20 Å². The van der Waals surface area contributed by atoms with Crippen LogP contribution in [0.15, 0.2) is 47.0 Å². The molecule has 20 heteroatoms. The molecule has 3 heterocycles. The molecule has 0 N–H and O–H groups in total. The molecule has 1 saturated heterocycles. The first-order valence-electron chi connectivity index (χ1n) is 20.8. The van der Waals surface area contributed by atoms with Gasteiger partial charge in [-0.3, -0.25) is 4.57 Å². The Morgan fingerprint density at radius 3 is 1.45 bits per heavy atom. The lowest BCUT2D eigenvalue weighted by Crippen LogP contribution is -2.71. The molecule has 0 aliphatic carbocycles. The van der Waals surface area contributed by atoms with Crippen molar-refractivity contribution < 1.29 is 70.5 Å². The Morgan fingerprint density at radius 2 is 1.08 bits per heavy atom. The van der Waals surface area contributed by atoms with Crippen LogP contribution in [0.25, 0.3) is 0 Å². The summed E-state index contributed by atoms with van der Waals surface area (Å²) in [6.07, 6.45) is -19.6. The van der Waals surface area contributed by atoms with E-state index in [0.717, 1.165) is 0 Å². The first-order valence-corrected chi connectivity index (χ1v) is 28.6. The minimum absolute atomic E-state index is 0.0352. The van der Waals surface area contributed by atoms with Crippen molar-refractivity contribution in [1.82, 2.24) is 4.57 Å². The van der Waals surface area contributed by atoms with Crippen LogP contribution in [0.2, 0.25) is 41.3 Å². The van der Waals surface area contributed by atoms with Crippen LogP contribution < -0.4 is 14.9 Å². The molecule has 2 aliphatic heterocycles. The smallest absolute Gasteiger partial charge is 0.406 e. The first-order chi connectivity index (χ1) is 28.6. The summed E-state index contributed by atoms with van der Waals surface area (Å²) in [5, 5.41) is -3.03. The molecule has 0 spiro atoms. The second kappa shape index (κ2) is 16.6. The number of hydrogen-bond donors (Lipinski definition) is 0. The topological polar surface area (TPSA) is 38.5 Å². The minimum atomic E-state index is -5.36. The van der Waals surface area contributed by atoms with E-state index >= 15 is 0 Å². The zero-order valence-corrected chi connectivity index (χ0v) is 41.3. The fourth-order valence-corrected chi connectivity index (χ4v) is 16.3. The van der Waals surface area contributed by atoms with Crippen LogP contribution in [0, 0.1) is 11.8 Å². The fourth-order valence-electron chi connectivity index (χ4n) is 7.96. The largest absolute Gasteiger partial charge is 0.416 e. The van der Waals surface area contributed by atoms with E-state index in [1.165, 1.54) is 25.3 Å². The molecule has 1 fully saturated rings. The molecule has 5 nitrogen and oxygen atoms in total. The minimum Gasteiger partial charge on any atom is -0.406 e. The molecule has 2 unspecified atom stereocenters. The van der Waals surface area contributed by atoms with Gasteiger partial charge in [-0.15, -0.1) is 0 Å². The van der Waals surface area contributed by atoms with E-state index in [-0.39, 0.29) is 47.7 Å². The lowest BCUT2D eigenvalue weighted by molar-refractivity contribution is -0.699. The summed E-state index contributed by atoms with van der Waals surface area (Å²) in [4.78, 5) is 0. The number of aryl methyl sites for hydroxylation is 1. The van der Waals surface area contributed by atoms with Gasteiger partial charge < -0.3 is 13.3 Å². The van der Waals surface area contributed by atoms with Gasteiger partial charge in [-0.1, -0.05) is 74.2 Å².